The van der Waals surface area contributed by atoms with Crippen molar-refractivity contribution < 1.29 is 14.3 Å². The lowest BCUT2D eigenvalue weighted by molar-refractivity contribution is -0.382. The molecule has 0 spiro atoms. The zero-order chi connectivity index (χ0) is 19.7. The van der Waals surface area contributed by atoms with Gasteiger partial charge in [-0.3, -0.25) is 14.9 Å². The minimum atomic E-state index is -0.492. The summed E-state index contributed by atoms with van der Waals surface area (Å²) in [7, 11) is 0. The van der Waals surface area contributed by atoms with Crippen molar-refractivity contribution >= 4 is 45.4 Å². The van der Waals surface area contributed by atoms with Crippen LogP contribution in [0.1, 0.15) is 19.8 Å². The molecule has 1 amide bonds. The lowest BCUT2D eigenvalue weighted by Gasteiger charge is -2.19. The van der Waals surface area contributed by atoms with E-state index >= 15 is 0 Å². The number of nitro benzene ring substituents is 1. The molecule has 1 aliphatic heterocycles. The number of rotatable bonds is 5. The fourth-order valence-electron chi connectivity index (χ4n) is 3.39. The fraction of sp³-hybridized carbons (Fsp3) is 0.278. The summed E-state index contributed by atoms with van der Waals surface area (Å²) < 4.78 is 4.81. The van der Waals surface area contributed by atoms with Gasteiger partial charge in [-0.2, -0.15) is 0 Å². The summed E-state index contributed by atoms with van der Waals surface area (Å²) in [4.78, 5) is 24.5. The highest BCUT2D eigenvalue weighted by Gasteiger charge is 2.28. The van der Waals surface area contributed by atoms with Crippen molar-refractivity contribution in [2.45, 2.75) is 19.8 Å². The Morgan fingerprint density at radius 3 is 2.43 bits per heavy atom. The van der Waals surface area contributed by atoms with E-state index in [9.17, 15) is 14.9 Å². The van der Waals surface area contributed by atoms with Crippen LogP contribution in [0, 0.1) is 10.1 Å². The van der Waals surface area contributed by atoms with Crippen molar-refractivity contribution in [1.29, 1.82) is 0 Å². The first-order valence-corrected chi connectivity index (χ1v) is 8.86. The van der Waals surface area contributed by atoms with Crippen LogP contribution < -0.4 is 15.5 Å². The molecule has 28 heavy (non-hydrogen) atoms. The second kappa shape index (κ2) is 7.14. The number of benzene rings is 2. The average molecular weight is 382 g/mol. The maximum Gasteiger partial charge on any atom is 0.324 e. The molecule has 10 nitrogen and oxygen atoms in total. The van der Waals surface area contributed by atoms with Gasteiger partial charge in [-0.25, -0.2) is 4.63 Å². The minimum Gasteiger partial charge on any atom is -0.370 e. The minimum absolute atomic E-state index is 0.117. The number of carbonyl (C=O) groups excluding carboxylic acids is 1. The molecule has 1 aliphatic rings. The zero-order valence-corrected chi connectivity index (χ0v) is 15.1. The summed E-state index contributed by atoms with van der Waals surface area (Å²) in [6.07, 6.45) is 2.11. The van der Waals surface area contributed by atoms with Gasteiger partial charge in [-0.05, 0) is 53.5 Å². The molecular weight excluding hydrogens is 364 g/mol. The highest BCUT2D eigenvalue weighted by atomic mass is 16.6. The standard InChI is InChI=1S/C18H18N6O4/c1-11(25)19-12-4-6-13(7-5-12)20-14-10-15(23-8-2-3-9-23)16-17(22-28-21-16)18(14)24(26)27/h4-7,10,20H,2-3,8-9H2,1H3,(H,19,25). The van der Waals surface area contributed by atoms with Crippen molar-refractivity contribution in [3.63, 3.8) is 0 Å². The molecule has 0 atom stereocenters. The molecule has 144 valence electrons. The average Bonchev–Trinajstić information content (AvgIpc) is 3.33. The molecule has 0 radical (unpaired) electrons. The van der Waals surface area contributed by atoms with E-state index in [-0.39, 0.29) is 17.1 Å². The van der Waals surface area contributed by atoms with Gasteiger partial charge in [0.25, 0.3) is 0 Å². The summed E-state index contributed by atoms with van der Waals surface area (Å²) in [5.74, 6) is -0.171. The predicted molar refractivity (Wildman–Crippen MR) is 104 cm³/mol. The Labute approximate surface area is 159 Å². The van der Waals surface area contributed by atoms with Gasteiger partial charge in [0.05, 0.1) is 10.6 Å². The number of nitrogens with one attached hydrogen (secondary N) is 2. The monoisotopic (exact) mass is 382 g/mol. The third-order valence-electron chi connectivity index (χ3n) is 4.61. The number of anilines is 4. The molecule has 0 aliphatic carbocycles. The quantitative estimate of drug-likeness (QED) is 0.507. The van der Waals surface area contributed by atoms with Gasteiger partial charge in [0.2, 0.25) is 11.4 Å². The van der Waals surface area contributed by atoms with Crippen LogP contribution in [0.4, 0.5) is 28.4 Å². The molecule has 0 unspecified atom stereocenters. The van der Waals surface area contributed by atoms with Crippen molar-refractivity contribution in [3.8, 4) is 0 Å². The van der Waals surface area contributed by atoms with Gasteiger partial charge in [0.1, 0.15) is 5.69 Å². The van der Waals surface area contributed by atoms with Gasteiger partial charge in [0.15, 0.2) is 5.52 Å². The molecule has 10 heteroatoms. The molecular formula is C18H18N6O4. The van der Waals surface area contributed by atoms with E-state index in [1.165, 1.54) is 6.92 Å². The van der Waals surface area contributed by atoms with Gasteiger partial charge >= 0.3 is 5.69 Å². The smallest absolute Gasteiger partial charge is 0.324 e. The van der Waals surface area contributed by atoms with Crippen molar-refractivity contribution in [1.82, 2.24) is 10.3 Å². The second-order valence-corrected chi connectivity index (χ2v) is 6.59. The number of carbonyl (C=O) groups is 1. The third-order valence-corrected chi connectivity index (χ3v) is 4.61. The van der Waals surface area contributed by atoms with Gasteiger partial charge in [-0.15, -0.1) is 0 Å². The number of nitro groups is 1. The van der Waals surface area contributed by atoms with E-state index in [1.807, 2.05) is 0 Å². The Hall–Kier alpha value is -3.69. The lowest BCUT2D eigenvalue weighted by Crippen LogP contribution is -2.18. The largest absolute Gasteiger partial charge is 0.370 e. The fourth-order valence-corrected chi connectivity index (χ4v) is 3.39. The Morgan fingerprint density at radius 2 is 1.79 bits per heavy atom. The normalized spacial score (nSPS) is 13.7. The summed E-state index contributed by atoms with van der Waals surface area (Å²) in [5.41, 5.74) is 2.66. The molecule has 1 aromatic heterocycles. The van der Waals surface area contributed by atoms with Crippen LogP contribution in [-0.4, -0.2) is 34.2 Å². The summed E-state index contributed by atoms with van der Waals surface area (Å²) in [6, 6.07) is 8.61. The van der Waals surface area contributed by atoms with Gasteiger partial charge in [0, 0.05) is 31.4 Å². The van der Waals surface area contributed by atoms with Crippen LogP contribution in [0.3, 0.4) is 0 Å². The van der Waals surface area contributed by atoms with Crippen LogP contribution in [-0.2, 0) is 4.79 Å². The van der Waals surface area contributed by atoms with Crippen molar-refractivity contribution in [3.05, 3.63) is 40.4 Å². The number of hydrogen-bond donors (Lipinski definition) is 2. The van der Waals surface area contributed by atoms with Crippen LogP contribution in [0.5, 0.6) is 0 Å². The van der Waals surface area contributed by atoms with Crippen LogP contribution >= 0.6 is 0 Å². The van der Waals surface area contributed by atoms with E-state index in [4.69, 9.17) is 4.63 Å². The van der Waals surface area contributed by atoms with Gasteiger partial charge < -0.3 is 15.5 Å². The summed E-state index contributed by atoms with van der Waals surface area (Å²) >= 11 is 0. The molecule has 2 heterocycles. The first kappa shape index (κ1) is 17.7. The first-order valence-electron chi connectivity index (χ1n) is 8.86. The first-order chi connectivity index (χ1) is 13.5. The summed E-state index contributed by atoms with van der Waals surface area (Å²) in [6.45, 7) is 3.13. The molecule has 1 saturated heterocycles. The molecule has 0 bridgehead atoms. The SMILES string of the molecule is CC(=O)Nc1ccc(Nc2cc(N3CCCC3)c3nonc3c2[N+](=O)[O-])cc1. The number of aromatic nitrogens is 2. The maximum absolute atomic E-state index is 11.7. The Morgan fingerprint density at radius 1 is 1.14 bits per heavy atom. The Balaban J connectivity index is 1.75. The van der Waals surface area contributed by atoms with Crippen molar-refractivity contribution in [2.75, 3.05) is 28.6 Å². The number of fused-ring (bicyclic) bond motifs is 1. The Bertz CT molecular complexity index is 1040. The van der Waals surface area contributed by atoms with Crippen LogP contribution in [0.25, 0.3) is 11.0 Å². The van der Waals surface area contributed by atoms with E-state index in [0.717, 1.165) is 31.6 Å². The van der Waals surface area contributed by atoms with Gasteiger partial charge in [-0.1, -0.05) is 0 Å². The number of nitrogens with zero attached hydrogens (tertiary/aromatic N) is 4. The number of amides is 1. The molecule has 1 fully saturated rings. The van der Waals surface area contributed by atoms with Crippen LogP contribution in [0.2, 0.25) is 0 Å². The van der Waals surface area contributed by atoms with Crippen LogP contribution in [0.15, 0.2) is 35.0 Å². The highest BCUT2D eigenvalue weighted by Crippen LogP contribution is 2.40. The highest BCUT2D eigenvalue weighted by molar-refractivity contribution is 6.00. The van der Waals surface area contributed by atoms with E-state index in [1.54, 1.807) is 30.3 Å². The molecule has 3 aromatic rings. The van der Waals surface area contributed by atoms with E-state index < -0.39 is 4.92 Å². The predicted octanol–water partition coefficient (Wildman–Crippen LogP) is 3.43. The zero-order valence-electron chi connectivity index (χ0n) is 15.1. The third kappa shape index (κ3) is 3.31. The summed E-state index contributed by atoms with van der Waals surface area (Å²) in [5, 5.41) is 25.2. The molecule has 2 N–H and O–H groups in total. The molecule has 4 rings (SSSR count). The van der Waals surface area contributed by atoms with E-state index in [2.05, 4.69) is 25.8 Å². The topological polar surface area (TPSA) is 126 Å². The second-order valence-electron chi connectivity index (χ2n) is 6.59. The molecule has 2 aromatic carbocycles. The van der Waals surface area contributed by atoms with Crippen molar-refractivity contribution in [2.24, 2.45) is 0 Å². The molecule has 0 saturated carbocycles. The number of hydrogen-bond acceptors (Lipinski definition) is 8. The maximum atomic E-state index is 11.7. The lowest BCUT2D eigenvalue weighted by atomic mass is 10.1. The van der Waals surface area contributed by atoms with E-state index in [0.29, 0.717) is 22.6 Å². The Kier molecular flexibility index (Phi) is 4.52.